The van der Waals surface area contributed by atoms with Gasteiger partial charge in [0, 0.05) is 18.7 Å². The summed E-state index contributed by atoms with van der Waals surface area (Å²) in [5.74, 6) is 0. The van der Waals surface area contributed by atoms with Gasteiger partial charge < -0.3 is 15.3 Å². The van der Waals surface area contributed by atoms with Crippen molar-refractivity contribution >= 4 is 5.69 Å². The van der Waals surface area contributed by atoms with Gasteiger partial charge in [0.25, 0.3) is 0 Å². The third-order valence-electron chi connectivity index (χ3n) is 3.77. The fourth-order valence-corrected chi connectivity index (χ4v) is 2.92. The number of aliphatic hydroxyl groups is 1. The molecule has 1 unspecified atom stereocenters. The molecule has 0 aliphatic carbocycles. The molecule has 2 rings (SSSR count). The van der Waals surface area contributed by atoms with E-state index in [2.05, 4.69) is 42.3 Å². The number of benzene rings is 1. The fourth-order valence-electron chi connectivity index (χ4n) is 2.92. The quantitative estimate of drug-likeness (QED) is 0.793. The van der Waals surface area contributed by atoms with Gasteiger partial charge in [0.15, 0.2) is 0 Å². The first-order chi connectivity index (χ1) is 9.24. The molecule has 1 heterocycles. The molecule has 1 atom stereocenters. The topological polar surface area (TPSA) is 35.5 Å². The summed E-state index contributed by atoms with van der Waals surface area (Å²) in [4.78, 5) is 2.54. The number of rotatable bonds is 7. The minimum atomic E-state index is -0.404. The van der Waals surface area contributed by atoms with Crippen molar-refractivity contribution in [2.75, 3.05) is 25.0 Å². The van der Waals surface area contributed by atoms with Crippen LogP contribution in [0.25, 0.3) is 0 Å². The first kappa shape index (κ1) is 14.4. The van der Waals surface area contributed by atoms with Crippen molar-refractivity contribution in [1.29, 1.82) is 0 Å². The molecule has 3 heteroatoms. The zero-order valence-corrected chi connectivity index (χ0v) is 12.2. The average molecular weight is 262 g/mol. The molecule has 1 aliphatic rings. The van der Waals surface area contributed by atoms with E-state index in [0.717, 1.165) is 25.1 Å². The molecular weight excluding hydrogens is 236 g/mol. The van der Waals surface area contributed by atoms with E-state index in [9.17, 15) is 5.11 Å². The Hall–Kier alpha value is -1.06. The number of hydrogen-bond acceptors (Lipinski definition) is 3. The normalized spacial score (nSPS) is 17.6. The van der Waals surface area contributed by atoms with Crippen LogP contribution in [0.4, 0.5) is 5.69 Å². The summed E-state index contributed by atoms with van der Waals surface area (Å²) in [6.45, 7) is 7.97. The third-order valence-corrected chi connectivity index (χ3v) is 3.77. The van der Waals surface area contributed by atoms with Crippen LogP contribution >= 0.6 is 0 Å². The molecule has 0 saturated carbocycles. The van der Waals surface area contributed by atoms with Crippen molar-refractivity contribution in [2.24, 2.45) is 0 Å². The highest BCUT2D eigenvalue weighted by Gasteiger charge is 2.20. The molecule has 0 aromatic heterocycles. The van der Waals surface area contributed by atoms with Gasteiger partial charge in [-0.25, -0.2) is 0 Å². The highest BCUT2D eigenvalue weighted by Crippen LogP contribution is 2.28. The second-order valence-electron chi connectivity index (χ2n) is 5.40. The van der Waals surface area contributed by atoms with Gasteiger partial charge in [-0.3, -0.25) is 0 Å². The monoisotopic (exact) mass is 262 g/mol. The Morgan fingerprint density at radius 3 is 2.63 bits per heavy atom. The lowest BCUT2D eigenvalue weighted by Crippen LogP contribution is -2.28. The molecule has 106 valence electrons. The number of nitrogens with zero attached hydrogens (tertiary/aromatic N) is 1. The van der Waals surface area contributed by atoms with Crippen molar-refractivity contribution < 1.29 is 5.11 Å². The standard InChI is InChI=1S/C16H26N2O/c1-3-9-18(10-4-2)11-8-13-6-5-7-15-14(13)12-16(19)17-15/h5-7,16-17,19H,3-4,8-12H2,1-2H3. The van der Waals surface area contributed by atoms with Gasteiger partial charge in [-0.05, 0) is 49.5 Å². The third kappa shape index (κ3) is 3.71. The molecule has 3 nitrogen and oxygen atoms in total. The molecule has 0 amide bonds. The van der Waals surface area contributed by atoms with Crippen LogP contribution in [0.15, 0.2) is 18.2 Å². The van der Waals surface area contributed by atoms with Gasteiger partial charge >= 0.3 is 0 Å². The first-order valence-electron chi connectivity index (χ1n) is 7.52. The van der Waals surface area contributed by atoms with E-state index in [1.807, 2.05) is 0 Å². The van der Waals surface area contributed by atoms with Crippen LogP contribution in [0, 0.1) is 0 Å². The Bertz CT molecular complexity index is 400. The Balaban J connectivity index is 1.98. The van der Waals surface area contributed by atoms with Crippen LogP contribution in [0.3, 0.4) is 0 Å². The first-order valence-corrected chi connectivity index (χ1v) is 7.52. The second-order valence-corrected chi connectivity index (χ2v) is 5.40. The van der Waals surface area contributed by atoms with Crippen molar-refractivity contribution in [3.8, 4) is 0 Å². The van der Waals surface area contributed by atoms with E-state index < -0.39 is 6.23 Å². The minimum absolute atomic E-state index is 0.404. The van der Waals surface area contributed by atoms with Gasteiger partial charge in [-0.15, -0.1) is 0 Å². The second kappa shape index (κ2) is 6.92. The molecule has 0 bridgehead atoms. The summed E-state index contributed by atoms with van der Waals surface area (Å²) in [6, 6.07) is 6.35. The summed E-state index contributed by atoms with van der Waals surface area (Å²) in [5.41, 5.74) is 3.81. The van der Waals surface area contributed by atoms with Crippen molar-refractivity contribution in [3.63, 3.8) is 0 Å². The van der Waals surface area contributed by atoms with Crippen molar-refractivity contribution in [3.05, 3.63) is 29.3 Å². The lowest BCUT2D eigenvalue weighted by Gasteiger charge is -2.21. The highest BCUT2D eigenvalue weighted by molar-refractivity contribution is 5.59. The lowest BCUT2D eigenvalue weighted by molar-refractivity contribution is 0.212. The van der Waals surface area contributed by atoms with E-state index >= 15 is 0 Å². The predicted octanol–water partition coefficient (Wildman–Crippen LogP) is 2.64. The summed E-state index contributed by atoms with van der Waals surface area (Å²) < 4.78 is 0. The van der Waals surface area contributed by atoms with Crippen LogP contribution in [0.2, 0.25) is 0 Å². The molecule has 19 heavy (non-hydrogen) atoms. The van der Waals surface area contributed by atoms with Gasteiger partial charge in [0.2, 0.25) is 0 Å². The zero-order chi connectivity index (χ0) is 13.7. The van der Waals surface area contributed by atoms with Crippen LogP contribution in [-0.4, -0.2) is 35.9 Å². The molecule has 0 spiro atoms. The molecule has 1 aromatic carbocycles. The Kier molecular flexibility index (Phi) is 5.23. The smallest absolute Gasteiger partial charge is 0.128 e. The maximum Gasteiger partial charge on any atom is 0.128 e. The summed E-state index contributed by atoms with van der Waals surface area (Å²) in [7, 11) is 0. The Morgan fingerprint density at radius 1 is 1.21 bits per heavy atom. The highest BCUT2D eigenvalue weighted by atomic mass is 16.3. The summed E-state index contributed by atoms with van der Waals surface area (Å²) in [5, 5.41) is 12.8. The van der Waals surface area contributed by atoms with E-state index in [-0.39, 0.29) is 0 Å². The molecule has 1 aromatic rings. The number of nitrogens with one attached hydrogen (secondary N) is 1. The molecule has 0 radical (unpaired) electrons. The van der Waals surface area contributed by atoms with Gasteiger partial charge in [-0.1, -0.05) is 26.0 Å². The number of hydrogen-bond donors (Lipinski definition) is 2. The number of anilines is 1. The zero-order valence-electron chi connectivity index (χ0n) is 12.2. The molecule has 0 fully saturated rings. The minimum Gasteiger partial charge on any atom is -0.373 e. The van der Waals surface area contributed by atoms with Gasteiger partial charge in [0.05, 0.1) is 0 Å². The number of aliphatic hydroxyl groups excluding tert-OH is 1. The van der Waals surface area contributed by atoms with Crippen LogP contribution in [0.1, 0.15) is 37.8 Å². The largest absolute Gasteiger partial charge is 0.373 e. The van der Waals surface area contributed by atoms with Gasteiger partial charge in [0.1, 0.15) is 6.23 Å². The average Bonchev–Trinajstić information content (AvgIpc) is 2.77. The van der Waals surface area contributed by atoms with E-state index in [1.54, 1.807) is 0 Å². The SMILES string of the molecule is CCCN(CCC)CCc1cccc2c1CC(O)N2. The van der Waals surface area contributed by atoms with E-state index in [1.165, 1.54) is 37.1 Å². The molecular formula is C16H26N2O. The molecule has 2 N–H and O–H groups in total. The maximum atomic E-state index is 9.70. The summed E-state index contributed by atoms with van der Waals surface area (Å²) >= 11 is 0. The molecule has 0 saturated heterocycles. The Morgan fingerprint density at radius 2 is 1.95 bits per heavy atom. The predicted molar refractivity (Wildman–Crippen MR) is 80.5 cm³/mol. The van der Waals surface area contributed by atoms with Crippen molar-refractivity contribution in [2.45, 2.75) is 45.8 Å². The Labute approximate surface area is 116 Å². The van der Waals surface area contributed by atoms with E-state index in [4.69, 9.17) is 0 Å². The van der Waals surface area contributed by atoms with Gasteiger partial charge in [-0.2, -0.15) is 0 Å². The molecule has 1 aliphatic heterocycles. The fraction of sp³-hybridized carbons (Fsp3) is 0.625. The van der Waals surface area contributed by atoms with E-state index in [0.29, 0.717) is 0 Å². The van der Waals surface area contributed by atoms with Crippen LogP contribution < -0.4 is 5.32 Å². The van der Waals surface area contributed by atoms with Crippen molar-refractivity contribution in [1.82, 2.24) is 4.90 Å². The van der Waals surface area contributed by atoms with Crippen LogP contribution in [0.5, 0.6) is 0 Å². The maximum absolute atomic E-state index is 9.70. The van der Waals surface area contributed by atoms with Crippen LogP contribution in [-0.2, 0) is 12.8 Å². The summed E-state index contributed by atoms with van der Waals surface area (Å²) in [6.07, 6.45) is 3.85. The lowest BCUT2D eigenvalue weighted by atomic mass is 10.0. The number of fused-ring (bicyclic) bond motifs is 1.